The maximum Gasteiger partial charge on any atom is 0.337 e. The molecule has 0 aliphatic rings. The molecule has 0 atom stereocenters. The lowest BCUT2D eigenvalue weighted by molar-refractivity contribution is 0.0600. The van der Waals surface area contributed by atoms with Crippen molar-refractivity contribution in [3.63, 3.8) is 0 Å². The van der Waals surface area contributed by atoms with Gasteiger partial charge in [0.2, 0.25) is 0 Å². The molecular weight excluding hydrogens is 346 g/mol. The molecule has 0 saturated carbocycles. The van der Waals surface area contributed by atoms with E-state index >= 15 is 0 Å². The smallest absolute Gasteiger partial charge is 0.337 e. The Morgan fingerprint density at radius 2 is 1.81 bits per heavy atom. The molecule has 0 radical (unpaired) electrons. The Labute approximate surface area is 146 Å². The number of carbonyl (C=O) groups is 2. The third kappa shape index (κ3) is 3.44. The molecule has 3 rings (SSSR count). The molecule has 3 aromatic rings. The Bertz CT molecular complexity index is 968. The van der Waals surface area contributed by atoms with Gasteiger partial charge in [-0.25, -0.2) is 13.6 Å². The zero-order valence-corrected chi connectivity index (χ0v) is 13.5. The molecule has 0 fully saturated rings. The minimum absolute atomic E-state index is 0.00702. The van der Waals surface area contributed by atoms with E-state index in [-0.39, 0.29) is 16.9 Å². The van der Waals surface area contributed by atoms with Gasteiger partial charge in [-0.15, -0.1) is 0 Å². The molecule has 1 N–H and O–H groups in total. The molecule has 0 bridgehead atoms. The first-order valence-electron chi connectivity index (χ1n) is 7.39. The van der Waals surface area contributed by atoms with Gasteiger partial charge in [-0.3, -0.25) is 4.79 Å². The standard InChI is InChI=1S/C18H12F2N2O4/c1-25-18(24)10-2-5-12(6-3-10)22-17(23)13-9-21-26-16(13)11-4-7-14(19)15(20)8-11/h2-9H,1H3,(H,22,23). The molecule has 1 aromatic heterocycles. The molecule has 132 valence electrons. The van der Waals surface area contributed by atoms with Crippen molar-refractivity contribution >= 4 is 17.6 Å². The van der Waals surface area contributed by atoms with E-state index in [1.165, 1.54) is 43.6 Å². The van der Waals surface area contributed by atoms with Gasteiger partial charge in [0, 0.05) is 11.3 Å². The molecule has 6 nitrogen and oxygen atoms in total. The normalized spacial score (nSPS) is 10.4. The van der Waals surface area contributed by atoms with Crippen LogP contribution in [0.2, 0.25) is 0 Å². The Morgan fingerprint density at radius 3 is 2.46 bits per heavy atom. The highest BCUT2D eigenvalue weighted by Gasteiger charge is 2.19. The number of amides is 1. The zero-order valence-electron chi connectivity index (χ0n) is 13.5. The molecule has 0 spiro atoms. The number of aromatic nitrogens is 1. The summed E-state index contributed by atoms with van der Waals surface area (Å²) in [5.41, 5.74) is 0.971. The Kier molecular flexibility index (Phi) is 4.74. The first-order valence-corrected chi connectivity index (χ1v) is 7.39. The van der Waals surface area contributed by atoms with Crippen LogP contribution >= 0.6 is 0 Å². The average Bonchev–Trinajstić information content (AvgIpc) is 3.14. The fourth-order valence-corrected chi connectivity index (χ4v) is 2.25. The lowest BCUT2D eigenvalue weighted by Crippen LogP contribution is -2.12. The fraction of sp³-hybridized carbons (Fsp3) is 0.0556. The minimum Gasteiger partial charge on any atom is -0.465 e. The van der Waals surface area contributed by atoms with Crippen molar-refractivity contribution in [1.29, 1.82) is 0 Å². The first kappa shape index (κ1) is 17.3. The lowest BCUT2D eigenvalue weighted by Gasteiger charge is -2.06. The summed E-state index contributed by atoms with van der Waals surface area (Å²) in [6.45, 7) is 0. The Hall–Kier alpha value is -3.55. The molecule has 0 saturated heterocycles. The summed E-state index contributed by atoms with van der Waals surface area (Å²) in [5.74, 6) is -3.12. The van der Waals surface area contributed by atoms with Crippen LogP contribution in [0.5, 0.6) is 0 Å². The first-order chi connectivity index (χ1) is 12.5. The van der Waals surface area contributed by atoms with Crippen molar-refractivity contribution in [3.8, 4) is 11.3 Å². The van der Waals surface area contributed by atoms with Crippen molar-refractivity contribution in [2.45, 2.75) is 0 Å². The number of hydrogen-bond donors (Lipinski definition) is 1. The number of ether oxygens (including phenoxy) is 1. The van der Waals surface area contributed by atoms with Crippen molar-refractivity contribution in [2.75, 3.05) is 12.4 Å². The second kappa shape index (κ2) is 7.14. The van der Waals surface area contributed by atoms with Crippen LogP contribution in [0.1, 0.15) is 20.7 Å². The van der Waals surface area contributed by atoms with Crippen LogP contribution in [0, 0.1) is 11.6 Å². The molecule has 1 amide bonds. The maximum absolute atomic E-state index is 13.4. The molecular formula is C18H12F2N2O4. The fourth-order valence-electron chi connectivity index (χ4n) is 2.25. The van der Waals surface area contributed by atoms with Gasteiger partial charge in [0.25, 0.3) is 5.91 Å². The number of halogens is 2. The SMILES string of the molecule is COC(=O)c1ccc(NC(=O)c2cnoc2-c2ccc(F)c(F)c2)cc1. The number of carbonyl (C=O) groups excluding carboxylic acids is 2. The molecule has 0 unspecified atom stereocenters. The number of benzene rings is 2. The number of esters is 1. The summed E-state index contributed by atoms with van der Waals surface area (Å²) in [6, 6.07) is 9.15. The number of methoxy groups -OCH3 is 1. The summed E-state index contributed by atoms with van der Waals surface area (Å²) < 4.78 is 36.1. The summed E-state index contributed by atoms with van der Waals surface area (Å²) in [6.07, 6.45) is 1.18. The highest BCUT2D eigenvalue weighted by molar-refractivity contribution is 6.07. The quantitative estimate of drug-likeness (QED) is 0.720. The van der Waals surface area contributed by atoms with E-state index in [1.807, 2.05) is 0 Å². The van der Waals surface area contributed by atoms with E-state index in [2.05, 4.69) is 15.2 Å². The summed E-state index contributed by atoms with van der Waals surface area (Å²) in [4.78, 5) is 23.8. The second-order valence-electron chi connectivity index (χ2n) is 5.22. The van der Waals surface area contributed by atoms with E-state index < -0.39 is 23.5 Å². The van der Waals surface area contributed by atoms with Crippen LogP contribution in [-0.4, -0.2) is 24.1 Å². The molecule has 26 heavy (non-hydrogen) atoms. The molecule has 2 aromatic carbocycles. The van der Waals surface area contributed by atoms with Crippen molar-refractivity contribution in [2.24, 2.45) is 0 Å². The monoisotopic (exact) mass is 358 g/mol. The van der Waals surface area contributed by atoms with Gasteiger partial charge < -0.3 is 14.6 Å². The Morgan fingerprint density at radius 1 is 1.08 bits per heavy atom. The summed E-state index contributed by atoms with van der Waals surface area (Å²) in [5, 5.41) is 6.15. The van der Waals surface area contributed by atoms with E-state index in [0.29, 0.717) is 11.3 Å². The summed E-state index contributed by atoms with van der Waals surface area (Å²) >= 11 is 0. The third-order valence-corrected chi connectivity index (χ3v) is 3.56. The van der Waals surface area contributed by atoms with Crippen molar-refractivity contribution in [3.05, 3.63) is 71.4 Å². The summed E-state index contributed by atoms with van der Waals surface area (Å²) in [7, 11) is 1.27. The van der Waals surface area contributed by atoms with Gasteiger partial charge in [0.1, 0.15) is 5.56 Å². The number of anilines is 1. The molecule has 0 aliphatic carbocycles. The number of nitrogens with zero attached hydrogens (tertiary/aromatic N) is 1. The highest BCUT2D eigenvalue weighted by atomic mass is 19.2. The van der Waals surface area contributed by atoms with Crippen LogP contribution in [-0.2, 0) is 4.74 Å². The lowest BCUT2D eigenvalue weighted by atomic mass is 10.1. The van der Waals surface area contributed by atoms with Crippen LogP contribution in [0.4, 0.5) is 14.5 Å². The minimum atomic E-state index is -1.07. The van der Waals surface area contributed by atoms with Crippen LogP contribution in [0.25, 0.3) is 11.3 Å². The van der Waals surface area contributed by atoms with Crippen LogP contribution in [0.15, 0.2) is 53.2 Å². The highest BCUT2D eigenvalue weighted by Crippen LogP contribution is 2.26. The number of nitrogens with one attached hydrogen (secondary N) is 1. The van der Waals surface area contributed by atoms with Crippen LogP contribution < -0.4 is 5.32 Å². The molecule has 0 aliphatic heterocycles. The van der Waals surface area contributed by atoms with Crippen LogP contribution in [0.3, 0.4) is 0 Å². The van der Waals surface area contributed by atoms with Gasteiger partial charge in [-0.2, -0.15) is 0 Å². The van der Waals surface area contributed by atoms with Crippen molar-refractivity contribution in [1.82, 2.24) is 5.16 Å². The predicted octanol–water partition coefficient (Wildman–Crippen LogP) is 3.66. The molecule has 1 heterocycles. The number of hydrogen-bond acceptors (Lipinski definition) is 5. The van der Waals surface area contributed by atoms with Crippen molar-refractivity contribution < 1.29 is 27.6 Å². The van der Waals surface area contributed by atoms with E-state index in [0.717, 1.165) is 12.1 Å². The van der Waals surface area contributed by atoms with E-state index in [9.17, 15) is 18.4 Å². The average molecular weight is 358 g/mol. The predicted molar refractivity (Wildman–Crippen MR) is 87.6 cm³/mol. The van der Waals surface area contributed by atoms with E-state index in [1.54, 1.807) is 0 Å². The topological polar surface area (TPSA) is 81.4 Å². The van der Waals surface area contributed by atoms with Gasteiger partial charge in [-0.1, -0.05) is 5.16 Å². The Balaban J connectivity index is 1.82. The van der Waals surface area contributed by atoms with Gasteiger partial charge in [0.05, 0.1) is 18.9 Å². The second-order valence-corrected chi connectivity index (χ2v) is 5.22. The largest absolute Gasteiger partial charge is 0.465 e. The maximum atomic E-state index is 13.4. The zero-order chi connectivity index (χ0) is 18.7. The van der Waals surface area contributed by atoms with E-state index in [4.69, 9.17) is 4.52 Å². The third-order valence-electron chi connectivity index (χ3n) is 3.56. The molecule has 8 heteroatoms. The van der Waals surface area contributed by atoms with Gasteiger partial charge in [-0.05, 0) is 42.5 Å². The van der Waals surface area contributed by atoms with Gasteiger partial charge in [0.15, 0.2) is 17.4 Å². The van der Waals surface area contributed by atoms with Gasteiger partial charge >= 0.3 is 5.97 Å². The number of rotatable bonds is 4.